The van der Waals surface area contributed by atoms with E-state index in [1.165, 1.54) is 0 Å². The Labute approximate surface area is 240 Å². The van der Waals surface area contributed by atoms with Crippen molar-refractivity contribution in [3.8, 4) is 34.9 Å². The molecule has 1 aliphatic heterocycles. The highest BCUT2D eigenvalue weighted by atomic mass is 16.6. The molecular formula is C30H34N8O3. The van der Waals surface area contributed by atoms with Crippen LogP contribution in [0.25, 0.3) is 11.3 Å². The summed E-state index contributed by atoms with van der Waals surface area (Å²) in [6, 6.07) is 14.7. The summed E-state index contributed by atoms with van der Waals surface area (Å²) in [7, 11) is 0. The van der Waals surface area contributed by atoms with Crippen LogP contribution in [-0.4, -0.2) is 64.2 Å². The number of benzene rings is 1. The van der Waals surface area contributed by atoms with Crippen LogP contribution in [0.4, 0.5) is 22.1 Å². The van der Waals surface area contributed by atoms with Crippen LogP contribution in [-0.2, 0) is 4.74 Å². The van der Waals surface area contributed by atoms with Crippen molar-refractivity contribution in [3.63, 3.8) is 0 Å². The number of nitrogens with two attached hydrogens (primary N) is 1. The molecule has 1 saturated heterocycles. The number of hydrogen-bond donors (Lipinski definition) is 3. The molecule has 0 aliphatic carbocycles. The van der Waals surface area contributed by atoms with Gasteiger partial charge >= 0.3 is 6.09 Å². The maximum atomic E-state index is 11.9. The predicted molar refractivity (Wildman–Crippen MR) is 157 cm³/mol. The Morgan fingerprint density at radius 2 is 1.98 bits per heavy atom. The minimum Gasteiger partial charge on any atom is -0.507 e. The molecule has 1 fully saturated rings. The SMILES string of the molecule is CC1CCN(c2cc(-c3ccccc3O)nnc2N)CCN1c1ccc(C#N)c(C#CCNC(=O)OC(C)(C)C)n1. The van der Waals surface area contributed by atoms with E-state index >= 15 is 0 Å². The molecule has 1 aromatic carbocycles. The number of pyridine rings is 1. The molecule has 0 spiro atoms. The maximum Gasteiger partial charge on any atom is 0.408 e. The second-order valence-electron chi connectivity index (χ2n) is 10.7. The summed E-state index contributed by atoms with van der Waals surface area (Å²) in [6.07, 6.45) is 0.255. The zero-order valence-electron chi connectivity index (χ0n) is 23.7. The van der Waals surface area contributed by atoms with Gasteiger partial charge in [0.25, 0.3) is 0 Å². The molecular weight excluding hydrogens is 520 g/mol. The number of aromatic hydroxyl groups is 1. The van der Waals surface area contributed by atoms with Crippen molar-refractivity contribution < 1.29 is 14.6 Å². The zero-order valence-corrected chi connectivity index (χ0v) is 23.7. The summed E-state index contributed by atoms with van der Waals surface area (Å²) in [5, 5.41) is 30.8. The molecule has 1 unspecified atom stereocenters. The molecule has 0 bridgehead atoms. The first-order valence-corrected chi connectivity index (χ1v) is 13.4. The molecule has 41 heavy (non-hydrogen) atoms. The van der Waals surface area contributed by atoms with Crippen molar-refractivity contribution in [3.05, 3.63) is 53.7 Å². The summed E-state index contributed by atoms with van der Waals surface area (Å²) < 4.78 is 5.22. The van der Waals surface area contributed by atoms with Crippen molar-refractivity contribution in [1.29, 1.82) is 5.26 Å². The highest BCUT2D eigenvalue weighted by Gasteiger charge is 2.25. The van der Waals surface area contributed by atoms with E-state index in [0.29, 0.717) is 47.2 Å². The maximum absolute atomic E-state index is 11.9. The number of nitrogens with zero attached hydrogens (tertiary/aromatic N) is 6. The van der Waals surface area contributed by atoms with Crippen LogP contribution in [0.2, 0.25) is 0 Å². The van der Waals surface area contributed by atoms with E-state index < -0.39 is 11.7 Å². The quantitative estimate of drug-likeness (QED) is 0.407. The molecule has 3 aromatic rings. The summed E-state index contributed by atoms with van der Waals surface area (Å²) in [4.78, 5) is 20.9. The fourth-order valence-electron chi connectivity index (χ4n) is 4.46. The Morgan fingerprint density at radius 3 is 2.71 bits per heavy atom. The lowest BCUT2D eigenvalue weighted by Crippen LogP contribution is -2.35. The number of nitriles is 1. The smallest absolute Gasteiger partial charge is 0.408 e. The minimum atomic E-state index is -0.604. The van der Waals surface area contributed by atoms with Crippen LogP contribution in [0.3, 0.4) is 0 Å². The van der Waals surface area contributed by atoms with Crippen molar-refractivity contribution in [2.45, 2.75) is 45.8 Å². The van der Waals surface area contributed by atoms with Gasteiger partial charge in [0.2, 0.25) is 0 Å². The van der Waals surface area contributed by atoms with E-state index in [1.807, 2.05) is 18.2 Å². The van der Waals surface area contributed by atoms with Crippen molar-refractivity contribution in [1.82, 2.24) is 20.5 Å². The van der Waals surface area contributed by atoms with E-state index in [4.69, 9.17) is 15.5 Å². The van der Waals surface area contributed by atoms with Crippen LogP contribution in [0.5, 0.6) is 5.75 Å². The van der Waals surface area contributed by atoms with Gasteiger partial charge < -0.3 is 30.7 Å². The molecule has 11 heteroatoms. The number of nitrogen functional groups attached to an aromatic ring is 1. The lowest BCUT2D eigenvalue weighted by molar-refractivity contribution is 0.0535. The molecule has 1 aliphatic rings. The largest absolute Gasteiger partial charge is 0.507 e. The fraction of sp³-hybridized carbons (Fsp3) is 0.367. The lowest BCUT2D eigenvalue weighted by Gasteiger charge is -2.28. The van der Waals surface area contributed by atoms with Crippen LogP contribution >= 0.6 is 0 Å². The van der Waals surface area contributed by atoms with Gasteiger partial charge in [0.1, 0.15) is 28.9 Å². The number of ether oxygens (including phenoxy) is 1. The van der Waals surface area contributed by atoms with Crippen LogP contribution in [0.1, 0.15) is 45.4 Å². The number of carbonyl (C=O) groups is 1. The van der Waals surface area contributed by atoms with Gasteiger partial charge in [-0.25, -0.2) is 9.78 Å². The topological polar surface area (TPSA) is 154 Å². The third-order valence-corrected chi connectivity index (χ3v) is 6.50. The molecule has 1 amide bonds. The van der Waals surface area contributed by atoms with Gasteiger partial charge in [0.15, 0.2) is 5.82 Å². The third-order valence-electron chi connectivity index (χ3n) is 6.50. The number of phenolic OH excluding ortho intramolecular Hbond substituents is 1. The number of phenols is 1. The van der Waals surface area contributed by atoms with Crippen molar-refractivity contribution in [2.75, 3.05) is 41.7 Å². The van der Waals surface area contributed by atoms with Crippen LogP contribution in [0, 0.1) is 23.2 Å². The molecule has 0 radical (unpaired) electrons. The van der Waals surface area contributed by atoms with Gasteiger partial charge in [0, 0.05) is 31.2 Å². The Bertz CT molecular complexity index is 1520. The fourth-order valence-corrected chi connectivity index (χ4v) is 4.46. The monoisotopic (exact) mass is 554 g/mol. The number of aromatic nitrogens is 3. The van der Waals surface area contributed by atoms with E-state index in [2.05, 4.69) is 50.1 Å². The number of amides is 1. The first kappa shape index (κ1) is 29.0. The number of para-hydroxylation sites is 1. The Morgan fingerprint density at radius 1 is 1.20 bits per heavy atom. The summed E-state index contributed by atoms with van der Waals surface area (Å²) in [5.41, 5.74) is 8.22. The Balaban J connectivity index is 1.51. The molecule has 4 rings (SSSR count). The van der Waals surface area contributed by atoms with Gasteiger partial charge in [-0.2, -0.15) is 5.26 Å². The third kappa shape index (κ3) is 7.34. The number of hydrogen-bond acceptors (Lipinski definition) is 10. The van der Waals surface area contributed by atoms with Gasteiger partial charge in [0.05, 0.1) is 23.5 Å². The van der Waals surface area contributed by atoms with E-state index in [0.717, 1.165) is 18.7 Å². The number of nitrogens with one attached hydrogen (secondary N) is 1. The predicted octanol–water partition coefficient (Wildman–Crippen LogP) is 3.68. The van der Waals surface area contributed by atoms with Gasteiger partial charge in [-0.15, -0.1) is 10.2 Å². The summed E-state index contributed by atoms with van der Waals surface area (Å²) >= 11 is 0. The standard InChI is InChI=1S/C30H34N8O3/c1-20-13-15-37(25-18-24(35-36-28(25)32)22-8-5-6-10-26(22)39)16-17-38(20)27-12-11-21(19-31)23(34-27)9-7-14-33-29(40)41-30(2,3)4/h5-6,8,10-12,18,20,39H,13-17H2,1-4H3,(H2,32,36)(H,33,40). The highest BCUT2D eigenvalue weighted by Crippen LogP contribution is 2.32. The molecule has 11 nitrogen and oxygen atoms in total. The number of anilines is 3. The molecule has 1 atom stereocenters. The summed E-state index contributed by atoms with van der Waals surface area (Å²) in [5.74, 6) is 6.93. The van der Waals surface area contributed by atoms with Gasteiger partial charge in [-0.05, 0) is 70.4 Å². The normalized spacial score (nSPS) is 15.2. The van der Waals surface area contributed by atoms with E-state index in [9.17, 15) is 15.2 Å². The summed E-state index contributed by atoms with van der Waals surface area (Å²) in [6.45, 7) is 9.55. The van der Waals surface area contributed by atoms with Gasteiger partial charge in [-0.1, -0.05) is 18.1 Å². The first-order valence-electron chi connectivity index (χ1n) is 13.4. The van der Waals surface area contributed by atoms with Crippen molar-refractivity contribution in [2.24, 2.45) is 0 Å². The minimum absolute atomic E-state index is 0.0604. The molecule has 3 heterocycles. The number of rotatable bonds is 4. The van der Waals surface area contributed by atoms with Crippen LogP contribution in [0.15, 0.2) is 42.5 Å². The number of alkyl carbamates (subject to hydrolysis) is 1. The average molecular weight is 555 g/mol. The van der Waals surface area contributed by atoms with E-state index in [-0.39, 0.29) is 18.3 Å². The Kier molecular flexibility index (Phi) is 8.78. The zero-order chi connectivity index (χ0) is 29.6. The second-order valence-corrected chi connectivity index (χ2v) is 10.7. The lowest BCUT2D eigenvalue weighted by atomic mass is 10.1. The molecule has 0 saturated carbocycles. The molecule has 2 aromatic heterocycles. The second kappa shape index (κ2) is 12.4. The molecule has 212 valence electrons. The Hall–Kier alpha value is -5.03. The van der Waals surface area contributed by atoms with Gasteiger partial charge in [-0.3, -0.25) is 0 Å². The number of carbonyl (C=O) groups excluding carboxylic acids is 1. The average Bonchev–Trinajstić information content (AvgIpc) is 3.12. The van der Waals surface area contributed by atoms with Crippen molar-refractivity contribution >= 4 is 23.4 Å². The molecule has 4 N–H and O–H groups in total. The first-order chi connectivity index (χ1) is 19.6. The van der Waals surface area contributed by atoms with Crippen LogP contribution < -0.4 is 20.9 Å². The highest BCUT2D eigenvalue weighted by molar-refractivity contribution is 5.74. The van der Waals surface area contributed by atoms with E-state index in [1.54, 1.807) is 45.0 Å².